The number of carbonyl (C=O) groups excluding carboxylic acids is 3. The fraction of sp³-hybridized carbons (Fsp3) is 0.571. The van der Waals surface area contributed by atoms with Gasteiger partial charge in [0, 0.05) is 30.3 Å². The molecule has 2 rings (SSSR count). The zero-order valence-corrected chi connectivity index (χ0v) is 16.9. The Morgan fingerprint density at radius 1 is 1.11 bits per heavy atom. The van der Waals surface area contributed by atoms with Gasteiger partial charge in [0.1, 0.15) is 0 Å². The molecule has 7 heteroatoms. The zero-order chi connectivity index (χ0) is 20.5. The van der Waals surface area contributed by atoms with E-state index < -0.39 is 5.91 Å². The van der Waals surface area contributed by atoms with Gasteiger partial charge in [-0.2, -0.15) is 0 Å². The quantitative estimate of drug-likeness (QED) is 0.603. The Balaban J connectivity index is 1.75. The van der Waals surface area contributed by atoms with Crippen molar-refractivity contribution < 1.29 is 14.4 Å². The van der Waals surface area contributed by atoms with E-state index in [-0.39, 0.29) is 17.9 Å². The van der Waals surface area contributed by atoms with Crippen LogP contribution in [0.5, 0.6) is 0 Å². The molecule has 0 aliphatic heterocycles. The van der Waals surface area contributed by atoms with E-state index in [2.05, 4.69) is 17.6 Å². The number of anilines is 1. The largest absolute Gasteiger partial charge is 0.366 e. The van der Waals surface area contributed by atoms with Crippen molar-refractivity contribution in [3.8, 4) is 0 Å². The summed E-state index contributed by atoms with van der Waals surface area (Å²) < 4.78 is 0. The average Bonchev–Trinajstić information content (AvgIpc) is 2.67. The lowest BCUT2D eigenvalue weighted by Crippen LogP contribution is -2.46. The predicted octanol–water partition coefficient (Wildman–Crippen LogP) is 2.13. The minimum atomic E-state index is -0.502. The van der Waals surface area contributed by atoms with E-state index in [0.717, 1.165) is 6.42 Å². The minimum Gasteiger partial charge on any atom is -0.366 e. The summed E-state index contributed by atoms with van der Waals surface area (Å²) >= 11 is 0. The number of carbonyl (C=O) groups is 3. The van der Waals surface area contributed by atoms with Gasteiger partial charge in [-0.25, -0.2) is 0 Å². The molecule has 3 amide bonds. The molecule has 0 aromatic heterocycles. The third-order valence-electron chi connectivity index (χ3n) is 5.38. The highest BCUT2D eigenvalue weighted by atomic mass is 16.2. The van der Waals surface area contributed by atoms with Crippen molar-refractivity contribution in [2.24, 2.45) is 11.7 Å². The molecule has 0 radical (unpaired) electrons. The summed E-state index contributed by atoms with van der Waals surface area (Å²) in [6.07, 6.45) is 4.93. The van der Waals surface area contributed by atoms with Crippen LogP contribution >= 0.6 is 0 Å². The lowest BCUT2D eigenvalue weighted by Gasteiger charge is -2.30. The van der Waals surface area contributed by atoms with Gasteiger partial charge in [0.2, 0.25) is 17.7 Å². The van der Waals surface area contributed by atoms with Gasteiger partial charge in [0.25, 0.3) is 0 Å². The number of hydrogen-bond acceptors (Lipinski definition) is 4. The van der Waals surface area contributed by atoms with E-state index in [9.17, 15) is 14.4 Å². The normalized spacial score (nSPS) is 19.2. The van der Waals surface area contributed by atoms with E-state index in [0.29, 0.717) is 43.2 Å². The van der Waals surface area contributed by atoms with Crippen molar-refractivity contribution in [3.05, 3.63) is 29.8 Å². The molecule has 1 fully saturated rings. The van der Waals surface area contributed by atoms with Crippen LogP contribution in [0.1, 0.15) is 56.3 Å². The van der Waals surface area contributed by atoms with E-state index in [1.807, 2.05) is 11.8 Å². The molecule has 0 saturated heterocycles. The van der Waals surface area contributed by atoms with Crippen LogP contribution in [0.15, 0.2) is 24.3 Å². The summed E-state index contributed by atoms with van der Waals surface area (Å²) in [7, 11) is 0. The highest BCUT2D eigenvalue weighted by Gasteiger charge is 2.23. The third-order valence-corrected chi connectivity index (χ3v) is 5.38. The van der Waals surface area contributed by atoms with Crippen molar-refractivity contribution in [3.63, 3.8) is 0 Å². The maximum Gasteiger partial charge on any atom is 0.248 e. The van der Waals surface area contributed by atoms with E-state index in [1.165, 1.54) is 19.3 Å². The van der Waals surface area contributed by atoms with E-state index >= 15 is 0 Å². The van der Waals surface area contributed by atoms with Crippen LogP contribution in [0.3, 0.4) is 0 Å². The van der Waals surface area contributed by atoms with Gasteiger partial charge >= 0.3 is 0 Å². The summed E-state index contributed by atoms with van der Waals surface area (Å²) in [4.78, 5) is 37.6. The number of nitrogens with two attached hydrogens (primary N) is 1. The van der Waals surface area contributed by atoms with Crippen molar-refractivity contribution in [1.82, 2.24) is 10.2 Å². The third kappa shape index (κ3) is 6.96. The van der Waals surface area contributed by atoms with Gasteiger partial charge in [-0.1, -0.05) is 26.7 Å². The lowest BCUT2D eigenvalue weighted by atomic mass is 9.86. The lowest BCUT2D eigenvalue weighted by molar-refractivity contribution is -0.124. The molecule has 1 aromatic carbocycles. The Morgan fingerprint density at radius 3 is 2.39 bits per heavy atom. The summed E-state index contributed by atoms with van der Waals surface area (Å²) in [5.41, 5.74) is 6.21. The Hall–Kier alpha value is -2.41. The number of nitrogens with one attached hydrogen (secondary N) is 2. The van der Waals surface area contributed by atoms with Crippen LogP contribution in [0.25, 0.3) is 0 Å². The number of primary amides is 1. The number of hydrogen-bond donors (Lipinski definition) is 3. The highest BCUT2D eigenvalue weighted by Crippen LogP contribution is 2.23. The Morgan fingerprint density at radius 2 is 1.79 bits per heavy atom. The SMILES string of the molecule is CCN(CCC(=O)Nc1ccc(C(N)=O)cc1)CC(=O)N[C@@H]1CCCC[C@H]1C. The summed E-state index contributed by atoms with van der Waals surface area (Å²) in [5.74, 6) is -0.0773. The first-order valence-corrected chi connectivity index (χ1v) is 10.1. The first-order valence-electron chi connectivity index (χ1n) is 10.1. The number of likely N-dealkylation sites (N-methyl/N-ethyl adjacent to an activating group) is 1. The smallest absolute Gasteiger partial charge is 0.248 e. The van der Waals surface area contributed by atoms with Crippen LogP contribution in [-0.4, -0.2) is 48.3 Å². The summed E-state index contributed by atoms with van der Waals surface area (Å²) in [5, 5.41) is 5.95. The van der Waals surface area contributed by atoms with E-state index in [1.54, 1.807) is 24.3 Å². The van der Waals surface area contributed by atoms with Gasteiger partial charge in [-0.05, 0) is 49.6 Å². The molecule has 0 heterocycles. The van der Waals surface area contributed by atoms with Crippen LogP contribution in [0, 0.1) is 5.92 Å². The second-order valence-electron chi connectivity index (χ2n) is 7.54. The number of amides is 3. The first-order chi connectivity index (χ1) is 13.4. The standard InChI is InChI=1S/C21H32N4O3/c1-3-25(14-20(27)24-18-7-5-4-6-15(18)2)13-12-19(26)23-17-10-8-16(9-11-17)21(22)28/h8-11,15,18H,3-7,12-14H2,1-2H3,(H2,22,28)(H,23,26)(H,24,27)/t15-,18-/m1/s1. The molecular formula is C21H32N4O3. The molecule has 1 aliphatic carbocycles. The van der Waals surface area contributed by atoms with Gasteiger partial charge in [-0.3, -0.25) is 19.3 Å². The van der Waals surface area contributed by atoms with E-state index in [4.69, 9.17) is 5.73 Å². The monoisotopic (exact) mass is 388 g/mol. The van der Waals surface area contributed by atoms with Crippen molar-refractivity contribution >= 4 is 23.4 Å². The molecule has 0 unspecified atom stereocenters. The van der Waals surface area contributed by atoms with Gasteiger partial charge in [-0.15, -0.1) is 0 Å². The van der Waals surface area contributed by atoms with Gasteiger partial charge < -0.3 is 16.4 Å². The molecule has 1 saturated carbocycles. The van der Waals surface area contributed by atoms with Crippen LogP contribution in [-0.2, 0) is 9.59 Å². The zero-order valence-electron chi connectivity index (χ0n) is 16.9. The van der Waals surface area contributed by atoms with Crippen LogP contribution in [0.4, 0.5) is 5.69 Å². The molecule has 1 aliphatic rings. The molecule has 7 nitrogen and oxygen atoms in total. The average molecular weight is 389 g/mol. The van der Waals surface area contributed by atoms with Gasteiger partial charge in [0.05, 0.1) is 6.54 Å². The summed E-state index contributed by atoms with van der Waals surface area (Å²) in [6.45, 7) is 5.70. The van der Waals surface area contributed by atoms with Crippen LogP contribution < -0.4 is 16.4 Å². The number of benzene rings is 1. The molecule has 0 bridgehead atoms. The Labute approximate surface area is 167 Å². The molecule has 0 spiro atoms. The topological polar surface area (TPSA) is 105 Å². The minimum absolute atomic E-state index is 0.0306. The van der Waals surface area contributed by atoms with Gasteiger partial charge in [0.15, 0.2) is 0 Å². The second kappa shape index (κ2) is 10.8. The van der Waals surface area contributed by atoms with Crippen LogP contribution in [0.2, 0.25) is 0 Å². The Kier molecular flexibility index (Phi) is 8.44. The van der Waals surface area contributed by atoms with Crippen molar-refractivity contribution in [1.29, 1.82) is 0 Å². The molecule has 28 heavy (non-hydrogen) atoms. The van der Waals surface area contributed by atoms with Crippen molar-refractivity contribution in [2.45, 2.75) is 52.0 Å². The summed E-state index contributed by atoms with van der Waals surface area (Å²) in [6, 6.07) is 6.72. The Bertz CT molecular complexity index is 675. The maximum absolute atomic E-state index is 12.4. The molecule has 1 aromatic rings. The first kappa shape index (κ1) is 21.9. The second-order valence-corrected chi connectivity index (χ2v) is 7.54. The molecule has 2 atom stereocenters. The fourth-order valence-electron chi connectivity index (χ4n) is 3.54. The number of rotatable bonds is 9. The van der Waals surface area contributed by atoms with Crippen molar-refractivity contribution in [2.75, 3.05) is 25.0 Å². The highest BCUT2D eigenvalue weighted by molar-refractivity contribution is 5.94. The number of nitrogens with zero attached hydrogens (tertiary/aromatic N) is 1. The predicted molar refractivity (Wildman–Crippen MR) is 110 cm³/mol. The molecule has 154 valence electrons. The molecular weight excluding hydrogens is 356 g/mol. The maximum atomic E-state index is 12.4. The fourth-order valence-corrected chi connectivity index (χ4v) is 3.54. The molecule has 4 N–H and O–H groups in total.